The number of ether oxygens (including phenoxy) is 1. The van der Waals surface area contributed by atoms with Gasteiger partial charge in [-0.3, -0.25) is 10.4 Å². The molecule has 3 N–H and O–H groups in total. The topological polar surface area (TPSA) is 123 Å². The van der Waals surface area contributed by atoms with Gasteiger partial charge in [-0.25, -0.2) is 17.5 Å². The van der Waals surface area contributed by atoms with Crippen LogP contribution in [0.2, 0.25) is 0 Å². The van der Waals surface area contributed by atoms with Crippen molar-refractivity contribution in [3.8, 4) is 0 Å². The molecular formula is C24H31BFN5O3S. The number of aliphatic imine (C=N–C) groups is 1. The van der Waals surface area contributed by atoms with E-state index >= 15 is 0 Å². The van der Waals surface area contributed by atoms with Crippen LogP contribution in [0.4, 0.5) is 4.39 Å². The van der Waals surface area contributed by atoms with Crippen molar-refractivity contribution in [2.75, 3.05) is 25.2 Å². The second-order valence-corrected chi connectivity index (χ2v) is 11.0. The van der Waals surface area contributed by atoms with Crippen LogP contribution in [-0.4, -0.2) is 63.5 Å². The van der Waals surface area contributed by atoms with E-state index in [0.29, 0.717) is 30.3 Å². The molecule has 3 heterocycles. The van der Waals surface area contributed by atoms with E-state index in [0.717, 1.165) is 11.1 Å². The Morgan fingerprint density at radius 3 is 2.74 bits per heavy atom. The molecule has 0 aromatic carbocycles. The summed E-state index contributed by atoms with van der Waals surface area (Å²) in [5.41, 5.74) is 9.28. The van der Waals surface area contributed by atoms with Gasteiger partial charge in [-0.05, 0) is 50.0 Å². The maximum atomic E-state index is 13.8. The molecule has 0 saturated carbocycles. The molecule has 2 aliphatic rings. The molecule has 1 aromatic heterocycles. The SMILES string of the molecule is [B]C(=C1CCS(=O)(=O)CC1)C(COC)C(N)n1ncc(/C2=C/C/C=C(/F)C=CC(C)N=C2)cc1=N. The van der Waals surface area contributed by atoms with Gasteiger partial charge in [0.2, 0.25) is 0 Å². The van der Waals surface area contributed by atoms with Crippen LogP contribution in [-0.2, 0) is 14.6 Å². The fraction of sp³-hybridized carbons (Fsp3) is 0.458. The van der Waals surface area contributed by atoms with E-state index in [2.05, 4.69) is 10.1 Å². The molecule has 0 spiro atoms. The van der Waals surface area contributed by atoms with Crippen LogP contribution in [0.15, 0.2) is 58.4 Å². The van der Waals surface area contributed by atoms with Crippen LogP contribution in [0, 0.1) is 11.3 Å². The zero-order chi connectivity index (χ0) is 25.6. The van der Waals surface area contributed by atoms with Gasteiger partial charge in [-0.1, -0.05) is 17.7 Å². The second kappa shape index (κ2) is 11.9. The summed E-state index contributed by atoms with van der Waals surface area (Å²) in [6, 6.07) is 1.42. The lowest BCUT2D eigenvalue weighted by atomic mass is 9.77. The number of nitrogens with zero attached hydrogens (tertiary/aromatic N) is 3. The number of hydrogen-bond donors (Lipinski definition) is 2. The van der Waals surface area contributed by atoms with Crippen LogP contribution < -0.4 is 11.2 Å². The predicted octanol–water partition coefficient (Wildman–Crippen LogP) is 2.37. The van der Waals surface area contributed by atoms with Crippen LogP contribution in [0.3, 0.4) is 0 Å². The molecule has 0 aliphatic carbocycles. The third-order valence-electron chi connectivity index (χ3n) is 6.11. The molecule has 2 radical (unpaired) electrons. The van der Waals surface area contributed by atoms with Crippen molar-refractivity contribution in [1.82, 2.24) is 9.78 Å². The minimum atomic E-state index is -3.04. The summed E-state index contributed by atoms with van der Waals surface area (Å²) in [5.74, 6) is -0.691. The molecule has 0 amide bonds. The Morgan fingerprint density at radius 1 is 1.37 bits per heavy atom. The first-order chi connectivity index (χ1) is 16.6. The highest BCUT2D eigenvalue weighted by Crippen LogP contribution is 2.28. The van der Waals surface area contributed by atoms with Gasteiger partial charge in [0.05, 0.1) is 30.4 Å². The number of halogens is 1. The smallest absolute Gasteiger partial charge is 0.150 e. The van der Waals surface area contributed by atoms with Gasteiger partial charge in [0.25, 0.3) is 0 Å². The predicted molar refractivity (Wildman–Crippen MR) is 136 cm³/mol. The van der Waals surface area contributed by atoms with Gasteiger partial charge >= 0.3 is 0 Å². The van der Waals surface area contributed by atoms with E-state index in [1.807, 2.05) is 13.0 Å². The number of nitrogens with one attached hydrogen (secondary N) is 1. The lowest BCUT2D eigenvalue weighted by Gasteiger charge is -2.29. The number of hydrogen-bond acceptors (Lipinski definition) is 7. The Hall–Kier alpha value is -2.63. The molecule has 0 bridgehead atoms. The molecule has 3 unspecified atom stereocenters. The average molecular weight is 499 g/mol. The van der Waals surface area contributed by atoms with Crippen LogP contribution >= 0.6 is 0 Å². The maximum Gasteiger partial charge on any atom is 0.150 e. The van der Waals surface area contributed by atoms with Crippen molar-refractivity contribution < 1.29 is 17.5 Å². The summed E-state index contributed by atoms with van der Waals surface area (Å²) in [7, 11) is 4.93. The zero-order valence-corrected chi connectivity index (χ0v) is 20.8. The fourth-order valence-corrected chi connectivity index (χ4v) is 5.30. The van der Waals surface area contributed by atoms with E-state index in [-0.39, 0.29) is 35.5 Å². The Labute approximate surface area is 207 Å². The Kier molecular flexibility index (Phi) is 9.15. The number of rotatable bonds is 6. The number of methoxy groups -OCH3 is 1. The molecule has 1 fully saturated rings. The Morgan fingerprint density at radius 2 is 2.09 bits per heavy atom. The molecule has 2 aliphatic heterocycles. The highest BCUT2D eigenvalue weighted by molar-refractivity contribution is 7.91. The monoisotopic (exact) mass is 499 g/mol. The first-order valence-electron chi connectivity index (χ1n) is 11.4. The number of allylic oxidation sites excluding steroid dienone is 6. The number of nitrogens with two attached hydrogens (primary N) is 1. The fourth-order valence-electron chi connectivity index (χ4n) is 3.98. The van der Waals surface area contributed by atoms with Crippen molar-refractivity contribution in [3.63, 3.8) is 0 Å². The highest BCUT2D eigenvalue weighted by Gasteiger charge is 2.27. The molecule has 11 heteroatoms. The van der Waals surface area contributed by atoms with E-state index < -0.39 is 21.9 Å². The minimum absolute atomic E-state index is 0.0567. The maximum absolute atomic E-state index is 13.8. The summed E-state index contributed by atoms with van der Waals surface area (Å²) in [4.78, 5) is 4.43. The molecule has 8 nitrogen and oxygen atoms in total. The molecule has 3 rings (SSSR count). The normalized spacial score (nSPS) is 25.1. The van der Waals surface area contributed by atoms with Gasteiger partial charge < -0.3 is 10.5 Å². The van der Waals surface area contributed by atoms with Gasteiger partial charge in [0.1, 0.15) is 25.3 Å². The number of aromatic nitrogens is 2. The lowest BCUT2D eigenvalue weighted by Crippen LogP contribution is -2.40. The summed E-state index contributed by atoms with van der Waals surface area (Å²) in [6.07, 6.45) is 9.95. The average Bonchev–Trinajstić information content (AvgIpc) is 2.82. The second-order valence-electron chi connectivity index (χ2n) is 8.70. The van der Waals surface area contributed by atoms with Crippen molar-refractivity contribution in [2.45, 2.75) is 38.4 Å². The van der Waals surface area contributed by atoms with Gasteiger partial charge in [0, 0.05) is 24.8 Å². The molecule has 186 valence electrons. The molecular weight excluding hydrogens is 468 g/mol. The molecule has 1 aromatic rings. The largest absolute Gasteiger partial charge is 0.384 e. The third-order valence-corrected chi connectivity index (χ3v) is 7.76. The van der Waals surface area contributed by atoms with Crippen LogP contribution in [0.1, 0.15) is 37.9 Å². The number of sulfone groups is 1. The van der Waals surface area contributed by atoms with E-state index in [4.69, 9.17) is 23.7 Å². The summed E-state index contributed by atoms with van der Waals surface area (Å²) in [6.45, 7) is 2.04. The van der Waals surface area contributed by atoms with Gasteiger partial charge in [0.15, 0.2) is 9.84 Å². The van der Waals surface area contributed by atoms with Crippen LogP contribution in [0.5, 0.6) is 0 Å². The molecule has 35 heavy (non-hydrogen) atoms. The first-order valence-corrected chi connectivity index (χ1v) is 13.3. The quantitative estimate of drug-likeness (QED) is 0.582. The van der Waals surface area contributed by atoms with E-state index in [1.54, 1.807) is 24.6 Å². The standard InChI is InChI=1S/C24H31BFN5O3S/c1-16-6-7-20(26)5-3-4-18(13-29-16)19-12-22(27)31(30-14-19)24(28)21(15-34-2)23(25)17-8-10-35(32,33)11-9-17/h4-7,12-14,16,21,24,27H,3,8-11,15,28H2,1-2H3/b7-6?,18-4+,20-5+,27-22?,29-13?. The van der Waals surface area contributed by atoms with Crippen molar-refractivity contribution >= 4 is 29.5 Å². The van der Waals surface area contributed by atoms with E-state index in [9.17, 15) is 12.8 Å². The summed E-state index contributed by atoms with van der Waals surface area (Å²) < 4.78 is 44.1. The Bertz CT molecular complexity index is 1230. The minimum Gasteiger partial charge on any atom is -0.384 e. The van der Waals surface area contributed by atoms with Crippen molar-refractivity contribution in [3.05, 3.63) is 64.5 Å². The van der Waals surface area contributed by atoms with Crippen LogP contribution in [0.25, 0.3) is 5.57 Å². The lowest BCUT2D eigenvalue weighted by molar-refractivity contribution is 0.137. The van der Waals surface area contributed by atoms with Crippen molar-refractivity contribution in [2.24, 2.45) is 16.6 Å². The summed E-state index contributed by atoms with van der Waals surface area (Å²) >= 11 is 0. The summed E-state index contributed by atoms with van der Waals surface area (Å²) in [5, 5.41) is 13.0. The third kappa shape index (κ3) is 7.19. The highest BCUT2D eigenvalue weighted by atomic mass is 32.2. The molecule has 3 atom stereocenters. The van der Waals surface area contributed by atoms with Gasteiger partial charge in [-0.15, -0.1) is 5.47 Å². The Balaban J connectivity index is 1.89. The van der Waals surface area contributed by atoms with Gasteiger partial charge in [-0.2, -0.15) is 5.10 Å². The molecule has 1 saturated heterocycles. The van der Waals surface area contributed by atoms with E-state index in [1.165, 1.54) is 23.9 Å². The first kappa shape index (κ1) is 27.0. The zero-order valence-electron chi connectivity index (χ0n) is 20.0. The van der Waals surface area contributed by atoms with Crippen molar-refractivity contribution in [1.29, 1.82) is 5.41 Å².